The molecule has 0 spiro atoms. The Kier molecular flexibility index (Phi) is 69.6. The molecular weight excluding hydrogens is 1270 g/mol. The van der Waals surface area contributed by atoms with Gasteiger partial charge in [-0.15, -0.1) is 0 Å². The molecule has 0 aliphatic carbocycles. The van der Waals surface area contributed by atoms with E-state index in [-0.39, 0.29) is 25.7 Å². The first-order valence-electron chi connectivity index (χ1n) is 40.7. The highest BCUT2D eigenvalue weighted by Crippen LogP contribution is 2.45. The van der Waals surface area contributed by atoms with Gasteiger partial charge in [-0.05, 0) is 31.6 Å². The summed E-state index contributed by atoms with van der Waals surface area (Å²) in [5, 5.41) is 10.6. The lowest BCUT2D eigenvalue weighted by Crippen LogP contribution is -2.30. The van der Waals surface area contributed by atoms with E-state index in [1.165, 1.54) is 238 Å². The van der Waals surface area contributed by atoms with Crippen molar-refractivity contribution in [1.82, 2.24) is 0 Å². The van der Waals surface area contributed by atoms with Crippen LogP contribution >= 0.6 is 15.6 Å². The highest BCUT2D eigenvalue weighted by atomic mass is 31.2. The SMILES string of the molecule is CCCCCCCCCCCCCCCCCCCCCCCCC(=O)O[C@H](COC(=O)CCCCCCCCCCCCC(C)CC)COP(=O)(O)OC[C@@H](O)COP(=O)(O)OC[C@@H](COC(=O)CCCCCCCCCCCC)OC(=O)CCCCCCCCCCCCC. The molecule has 0 rings (SSSR count). The van der Waals surface area contributed by atoms with Crippen LogP contribution in [0.25, 0.3) is 0 Å². The first kappa shape index (κ1) is 95.1. The van der Waals surface area contributed by atoms with Crippen molar-refractivity contribution in [2.24, 2.45) is 5.92 Å². The second kappa shape index (κ2) is 71.1. The van der Waals surface area contributed by atoms with E-state index in [0.29, 0.717) is 25.7 Å². The average Bonchev–Trinajstić information content (AvgIpc) is 2.69. The molecule has 0 radical (unpaired) electrons. The van der Waals surface area contributed by atoms with Crippen LogP contribution in [0.2, 0.25) is 0 Å². The van der Waals surface area contributed by atoms with Crippen LogP contribution in [0.5, 0.6) is 0 Å². The molecule has 0 saturated carbocycles. The smallest absolute Gasteiger partial charge is 0.462 e. The van der Waals surface area contributed by atoms with Crippen molar-refractivity contribution in [3.05, 3.63) is 0 Å². The van der Waals surface area contributed by atoms with Crippen LogP contribution in [0.3, 0.4) is 0 Å². The quantitative estimate of drug-likeness (QED) is 0.0222. The summed E-state index contributed by atoms with van der Waals surface area (Å²) in [4.78, 5) is 72.8. The fourth-order valence-corrected chi connectivity index (χ4v) is 13.6. The number of hydrogen-bond acceptors (Lipinski definition) is 15. The Morgan fingerprint density at radius 2 is 0.495 bits per heavy atom. The van der Waals surface area contributed by atoms with E-state index < -0.39 is 97.5 Å². The fraction of sp³-hybridized carbons (Fsp3) is 0.949. The largest absolute Gasteiger partial charge is 0.472 e. The number of hydrogen-bond donors (Lipinski definition) is 3. The van der Waals surface area contributed by atoms with E-state index in [1.54, 1.807) is 0 Å². The number of carbonyl (C=O) groups excluding carboxylic acids is 4. The molecule has 0 aromatic rings. The molecule has 576 valence electrons. The number of carbonyl (C=O) groups is 4. The molecule has 0 aliphatic rings. The van der Waals surface area contributed by atoms with Crippen molar-refractivity contribution in [3.8, 4) is 0 Å². The molecule has 3 unspecified atom stereocenters. The summed E-state index contributed by atoms with van der Waals surface area (Å²) in [6.07, 6.45) is 61.0. The number of aliphatic hydroxyl groups is 1. The lowest BCUT2D eigenvalue weighted by atomic mass is 9.99. The Morgan fingerprint density at radius 3 is 0.732 bits per heavy atom. The van der Waals surface area contributed by atoms with Crippen LogP contribution < -0.4 is 0 Å². The van der Waals surface area contributed by atoms with Gasteiger partial charge in [0.05, 0.1) is 26.4 Å². The third-order valence-corrected chi connectivity index (χ3v) is 20.5. The van der Waals surface area contributed by atoms with Crippen molar-refractivity contribution in [2.45, 2.75) is 432 Å². The molecule has 0 fully saturated rings. The van der Waals surface area contributed by atoms with E-state index in [0.717, 1.165) is 95.8 Å². The summed E-state index contributed by atoms with van der Waals surface area (Å²) in [5.41, 5.74) is 0. The van der Waals surface area contributed by atoms with E-state index >= 15 is 0 Å². The maximum absolute atomic E-state index is 13.1. The van der Waals surface area contributed by atoms with Crippen molar-refractivity contribution >= 4 is 39.5 Å². The third kappa shape index (κ3) is 70.9. The number of esters is 4. The summed E-state index contributed by atoms with van der Waals surface area (Å²) in [6, 6.07) is 0. The summed E-state index contributed by atoms with van der Waals surface area (Å²) in [6.45, 7) is 7.32. The molecule has 0 saturated heterocycles. The van der Waals surface area contributed by atoms with Gasteiger partial charge in [-0.3, -0.25) is 37.3 Å². The summed E-state index contributed by atoms with van der Waals surface area (Å²) in [7, 11) is -9.91. The number of rotatable bonds is 78. The molecule has 0 aromatic carbocycles. The van der Waals surface area contributed by atoms with Gasteiger partial charge in [-0.2, -0.15) is 0 Å². The second-order valence-corrected chi connectivity index (χ2v) is 31.3. The van der Waals surface area contributed by atoms with Gasteiger partial charge in [0, 0.05) is 25.7 Å². The number of aliphatic hydroxyl groups excluding tert-OH is 1. The topological polar surface area (TPSA) is 237 Å². The molecule has 0 amide bonds. The van der Waals surface area contributed by atoms with Gasteiger partial charge >= 0.3 is 39.5 Å². The molecule has 0 aromatic heterocycles. The van der Waals surface area contributed by atoms with Gasteiger partial charge < -0.3 is 33.8 Å². The Labute approximate surface area is 594 Å². The Balaban J connectivity index is 5.18. The molecule has 0 bridgehead atoms. The van der Waals surface area contributed by atoms with Crippen LogP contribution in [0.15, 0.2) is 0 Å². The van der Waals surface area contributed by atoms with Gasteiger partial charge in [0.1, 0.15) is 19.3 Å². The van der Waals surface area contributed by atoms with Crippen molar-refractivity contribution in [2.75, 3.05) is 39.6 Å². The average molecular weight is 1420 g/mol. The highest BCUT2D eigenvalue weighted by Gasteiger charge is 2.30. The lowest BCUT2D eigenvalue weighted by molar-refractivity contribution is -0.161. The monoisotopic (exact) mass is 1420 g/mol. The first-order chi connectivity index (χ1) is 47.1. The molecule has 6 atom stereocenters. The number of phosphoric ester groups is 2. The van der Waals surface area contributed by atoms with Gasteiger partial charge in [-0.1, -0.05) is 362 Å². The van der Waals surface area contributed by atoms with Gasteiger partial charge in [0.2, 0.25) is 0 Å². The van der Waals surface area contributed by atoms with Crippen LogP contribution in [0, 0.1) is 5.92 Å². The first-order valence-corrected chi connectivity index (χ1v) is 43.7. The number of phosphoric acid groups is 2. The summed E-state index contributed by atoms with van der Waals surface area (Å²) >= 11 is 0. The molecule has 0 aliphatic heterocycles. The minimum absolute atomic E-state index is 0.107. The molecular formula is C78H152O17P2. The minimum atomic E-state index is -4.96. The van der Waals surface area contributed by atoms with Gasteiger partial charge in [-0.25, -0.2) is 9.13 Å². The standard InChI is InChI=1S/C78H152O17P2/c1-6-10-13-16-19-22-25-26-27-28-29-30-31-32-33-34-35-37-44-49-54-59-64-78(83)95-74(68-89-76(81)62-57-52-47-42-39-38-40-45-50-55-60-71(5)9-4)70-93-97(86,87)91-66-72(79)65-90-96(84,85)92-69-73(67-88-75(80)61-56-51-46-41-24-21-18-15-12-8-3)94-77(82)63-58-53-48-43-36-23-20-17-14-11-7-2/h71-74,79H,6-70H2,1-5H3,(H,84,85)(H,86,87)/t71?,72-,73+,74+/m0/s1. The maximum Gasteiger partial charge on any atom is 0.472 e. The Morgan fingerprint density at radius 1 is 0.289 bits per heavy atom. The predicted octanol–water partition coefficient (Wildman–Crippen LogP) is 23.3. The predicted molar refractivity (Wildman–Crippen MR) is 395 cm³/mol. The maximum atomic E-state index is 13.1. The lowest BCUT2D eigenvalue weighted by Gasteiger charge is -2.21. The third-order valence-electron chi connectivity index (χ3n) is 18.6. The van der Waals surface area contributed by atoms with Crippen molar-refractivity contribution in [1.29, 1.82) is 0 Å². The zero-order valence-electron chi connectivity index (χ0n) is 63.2. The number of unbranched alkanes of at least 4 members (excludes halogenated alkanes) is 49. The van der Waals surface area contributed by atoms with Crippen LogP contribution in [-0.2, 0) is 65.4 Å². The van der Waals surface area contributed by atoms with Crippen molar-refractivity contribution < 1.29 is 80.2 Å². The highest BCUT2D eigenvalue weighted by molar-refractivity contribution is 7.47. The van der Waals surface area contributed by atoms with Gasteiger partial charge in [0.15, 0.2) is 12.2 Å². The normalized spacial score (nSPS) is 14.2. The van der Waals surface area contributed by atoms with Crippen LogP contribution in [0.1, 0.15) is 413 Å². The summed E-state index contributed by atoms with van der Waals surface area (Å²) < 4.78 is 68.5. The molecule has 97 heavy (non-hydrogen) atoms. The van der Waals surface area contributed by atoms with Crippen LogP contribution in [0.4, 0.5) is 0 Å². The molecule has 17 nitrogen and oxygen atoms in total. The second-order valence-electron chi connectivity index (χ2n) is 28.3. The van der Waals surface area contributed by atoms with Crippen LogP contribution in [-0.4, -0.2) is 96.7 Å². The van der Waals surface area contributed by atoms with Gasteiger partial charge in [0.25, 0.3) is 0 Å². The molecule has 3 N–H and O–H groups in total. The number of ether oxygens (including phenoxy) is 4. The Hall–Kier alpha value is -1.94. The molecule has 19 heteroatoms. The van der Waals surface area contributed by atoms with E-state index in [9.17, 15) is 43.2 Å². The fourth-order valence-electron chi connectivity index (χ4n) is 12.0. The van der Waals surface area contributed by atoms with Crippen molar-refractivity contribution in [3.63, 3.8) is 0 Å². The van der Waals surface area contributed by atoms with E-state index in [4.69, 9.17) is 37.0 Å². The zero-order chi connectivity index (χ0) is 71.2. The minimum Gasteiger partial charge on any atom is -0.462 e. The Bertz CT molecular complexity index is 1860. The molecule has 0 heterocycles. The van der Waals surface area contributed by atoms with E-state index in [2.05, 4.69) is 34.6 Å². The summed E-state index contributed by atoms with van der Waals surface area (Å²) in [5.74, 6) is -1.30. The van der Waals surface area contributed by atoms with E-state index in [1.807, 2.05) is 0 Å². The zero-order valence-corrected chi connectivity index (χ0v) is 65.0.